The maximum Gasteiger partial charge on any atom is 0.325 e. The molecule has 2 aromatic carbocycles. The molecule has 0 unspecified atom stereocenters. The second-order valence-corrected chi connectivity index (χ2v) is 6.53. The molecular weight excluding hydrogens is 380 g/mol. The molecule has 0 spiro atoms. The number of amides is 4. The summed E-state index contributed by atoms with van der Waals surface area (Å²) < 4.78 is 5.08. The molecule has 0 saturated carbocycles. The number of benzene rings is 2. The topological polar surface area (TPSA) is 131 Å². The van der Waals surface area contributed by atoms with Crippen LogP contribution in [0.15, 0.2) is 48.5 Å². The third-order valence-corrected chi connectivity index (χ3v) is 4.59. The molecule has 1 heterocycles. The van der Waals surface area contributed by atoms with Crippen LogP contribution in [0.4, 0.5) is 16.2 Å². The molecule has 10 heteroatoms. The molecule has 10 nitrogen and oxygen atoms in total. The number of carbonyl (C=O) groups excluding carboxylic acids is 3. The van der Waals surface area contributed by atoms with Crippen molar-refractivity contribution in [1.29, 1.82) is 0 Å². The van der Waals surface area contributed by atoms with Gasteiger partial charge < -0.3 is 15.4 Å². The van der Waals surface area contributed by atoms with Gasteiger partial charge >= 0.3 is 6.03 Å². The van der Waals surface area contributed by atoms with Gasteiger partial charge in [0.05, 0.1) is 12.0 Å². The van der Waals surface area contributed by atoms with E-state index in [4.69, 9.17) is 4.74 Å². The molecule has 4 amide bonds. The number of nitrogens with one attached hydrogen (secondary N) is 2. The van der Waals surface area contributed by atoms with E-state index in [1.165, 1.54) is 38.3 Å². The largest absolute Gasteiger partial charge is 0.497 e. The minimum Gasteiger partial charge on any atom is -0.497 e. The number of hydrogen-bond donors (Lipinski definition) is 2. The molecule has 1 atom stereocenters. The monoisotopic (exact) mass is 398 g/mol. The van der Waals surface area contributed by atoms with Crippen molar-refractivity contribution in [3.63, 3.8) is 0 Å². The van der Waals surface area contributed by atoms with Crippen molar-refractivity contribution < 1.29 is 24.0 Å². The number of carbonyl (C=O) groups is 3. The number of hydrogen-bond acceptors (Lipinski definition) is 6. The highest BCUT2D eigenvalue weighted by Crippen LogP contribution is 2.30. The van der Waals surface area contributed by atoms with Crippen molar-refractivity contribution in [2.24, 2.45) is 0 Å². The van der Waals surface area contributed by atoms with Crippen molar-refractivity contribution >= 4 is 29.2 Å². The normalized spacial score (nSPS) is 18.3. The van der Waals surface area contributed by atoms with Crippen LogP contribution in [0, 0.1) is 10.1 Å². The highest BCUT2D eigenvalue weighted by molar-refractivity contribution is 6.10. The smallest absolute Gasteiger partial charge is 0.325 e. The summed E-state index contributed by atoms with van der Waals surface area (Å²) in [4.78, 5) is 48.5. The van der Waals surface area contributed by atoms with E-state index in [0.29, 0.717) is 17.0 Å². The third kappa shape index (κ3) is 3.86. The van der Waals surface area contributed by atoms with Crippen LogP contribution in [0.25, 0.3) is 0 Å². The number of nitrogens with zero attached hydrogens (tertiary/aromatic N) is 2. The van der Waals surface area contributed by atoms with E-state index in [2.05, 4.69) is 10.6 Å². The van der Waals surface area contributed by atoms with Crippen LogP contribution in [0.3, 0.4) is 0 Å². The Kier molecular flexibility index (Phi) is 5.18. The lowest BCUT2D eigenvalue weighted by molar-refractivity contribution is -0.384. The van der Waals surface area contributed by atoms with E-state index >= 15 is 0 Å². The van der Waals surface area contributed by atoms with Crippen LogP contribution in [-0.4, -0.2) is 41.3 Å². The van der Waals surface area contributed by atoms with E-state index in [-0.39, 0.29) is 5.69 Å². The molecular formula is C19H18N4O6. The number of methoxy groups -OCH3 is 1. The summed E-state index contributed by atoms with van der Waals surface area (Å²) >= 11 is 0. The van der Waals surface area contributed by atoms with Crippen LogP contribution in [-0.2, 0) is 15.1 Å². The Morgan fingerprint density at radius 3 is 2.55 bits per heavy atom. The Balaban J connectivity index is 1.74. The molecule has 0 aliphatic carbocycles. The lowest BCUT2D eigenvalue weighted by atomic mass is 9.92. The van der Waals surface area contributed by atoms with Gasteiger partial charge in [0.1, 0.15) is 17.8 Å². The first-order chi connectivity index (χ1) is 13.7. The number of non-ortho nitro benzene ring substituents is 1. The second kappa shape index (κ2) is 7.58. The SMILES string of the molecule is COc1cccc(NC(=O)CN2C(=O)N[C@@](C)(c3ccc([N+](=O)[O-])cc3)C2=O)c1. The van der Waals surface area contributed by atoms with Gasteiger partial charge in [-0.3, -0.25) is 24.6 Å². The zero-order valence-electron chi connectivity index (χ0n) is 15.7. The molecule has 0 aromatic heterocycles. The van der Waals surface area contributed by atoms with Gasteiger partial charge in [0, 0.05) is 23.9 Å². The minimum absolute atomic E-state index is 0.136. The maximum absolute atomic E-state index is 12.9. The Labute approximate surface area is 165 Å². The summed E-state index contributed by atoms with van der Waals surface area (Å²) in [5.74, 6) is -0.643. The third-order valence-electron chi connectivity index (χ3n) is 4.59. The van der Waals surface area contributed by atoms with Crippen molar-refractivity contribution in [2.45, 2.75) is 12.5 Å². The zero-order valence-corrected chi connectivity index (χ0v) is 15.7. The van der Waals surface area contributed by atoms with Crippen LogP contribution in [0.1, 0.15) is 12.5 Å². The fourth-order valence-corrected chi connectivity index (χ4v) is 3.00. The lowest BCUT2D eigenvalue weighted by Gasteiger charge is -2.22. The standard InChI is InChI=1S/C19H18N4O6/c1-19(12-6-8-14(9-7-12)23(27)28)17(25)22(18(26)21-19)11-16(24)20-13-4-3-5-15(10-13)29-2/h3-10H,11H2,1-2H3,(H,20,24)(H,21,26)/t19-/m0/s1. The van der Waals surface area contributed by atoms with E-state index in [1.807, 2.05) is 0 Å². The average Bonchev–Trinajstić information content (AvgIpc) is 2.92. The van der Waals surface area contributed by atoms with Crippen LogP contribution >= 0.6 is 0 Å². The molecule has 150 valence electrons. The molecule has 2 N–H and O–H groups in total. The van der Waals surface area contributed by atoms with Gasteiger partial charge in [0.15, 0.2) is 0 Å². The Hall–Kier alpha value is -3.95. The lowest BCUT2D eigenvalue weighted by Crippen LogP contribution is -2.42. The van der Waals surface area contributed by atoms with E-state index in [1.54, 1.807) is 24.3 Å². The first kappa shape index (κ1) is 19.8. The average molecular weight is 398 g/mol. The number of nitro groups is 1. The maximum atomic E-state index is 12.9. The first-order valence-electron chi connectivity index (χ1n) is 8.57. The van der Waals surface area contributed by atoms with Gasteiger partial charge in [-0.05, 0) is 36.8 Å². The van der Waals surface area contributed by atoms with Crippen LogP contribution < -0.4 is 15.4 Å². The zero-order chi connectivity index (χ0) is 21.2. The molecule has 1 fully saturated rings. The van der Waals surface area contributed by atoms with Crippen molar-refractivity contribution in [2.75, 3.05) is 19.0 Å². The summed E-state index contributed by atoms with van der Waals surface area (Å²) in [5.41, 5.74) is -0.733. The number of nitro benzene ring substituents is 1. The Morgan fingerprint density at radius 2 is 1.93 bits per heavy atom. The molecule has 0 radical (unpaired) electrons. The van der Waals surface area contributed by atoms with E-state index < -0.39 is 34.9 Å². The van der Waals surface area contributed by atoms with Crippen molar-refractivity contribution in [3.8, 4) is 5.75 Å². The number of rotatable bonds is 6. The molecule has 1 aliphatic heterocycles. The Morgan fingerprint density at radius 1 is 1.24 bits per heavy atom. The molecule has 0 bridgehead atoms. The number of imide groups is 1. The molecule has 1 aliphatic rings. The fourth-order valence-electron chi connectivity index (χ4n) is 3.00. The summed E-state index contributed by atoms with van der Waals surface area (Å²) in [5, 5.41) is 16.0. The van der Waals surface area contributed by atoms with Gasteiger partial charge in [-0.25, -0.2) is 4.79 Å². The summed E-state index contributed by atoms with van der Waals surface area (Å²) in [6.45, 7) is 0.999. The van der Waals surface area contributed by atoms with E-state index in [0.717, 1.165) is 4.90 Å². The van der Waals surface area contributed by atoms with Crippen LogP contribution in [0.5, 0.6) is 5.75 Å². The summed E-state index contributed by atoms with van der Waals surface area (Å²) in [7, 11) is 1.49. The van der Waals surface area contributed by atoms with Gasteiger partial charge in [0.25, 0.3) is 11.6 Å². The minimum atomic E-state index is -1.43. The number of ether oxygens (including phenoxy) is 1. The molecule has 1 saturated heterocycles. The van der Waals surface area contributed by atoms with Crippen LogP contribution in [0.2, 0.25) is 0 Å². The Bertz CT molecular complexity index is 990. The quantitative estimate of drug-likeness (QED) is 0.435. The van der Waals surface area contributed by atoms with Gasteiger partial charge in [-0.2, -0.15) is 0 Å². The molecule has 29 heavy (non-hydrogen) atoms. The van der Waals surface area contributed by atoms with Gasteiger partial charge in [-0.1, -0.05) is 6.07 Å². The van der Waals surface area contributed by atoms with Crippen molar-refractivity contribution in [1.82, 2.24) is 10.2 Å². The van der Waals surface area contributed by atoms with Gasteiger partial charge in [0.2, 0.25) is 5.91 Å². The predicted molar refractivity (Wildman–Crippen MR) is 102 cm³/mol. The van der Waals surface area contributed by atoms with Crippen molar-refractivity contribution in [3.05, 3.63) is 64.2 Å². The summed E-state index contributed by atoms with van der Waals surface area (Å²) in [6.07, 6.45) is 0. The number of urea groups is 1. The van der Waals surface area contributed by atoms with E-state index in [9.17, 15) is 24.5 Å². The predicted octanol–water partition coefficient (Wildman–Crippen LogP) is 2.01. The molecule has 2 aromatic rings. The second-order valence-electron chi connectivity index (χ2n) is 6.53. The fraction of sp³-hybridized carbons (Fsp3) is 0.211. The highest BCUT2D eigenvalue weighted by atomic mass is 16.6. The first-order valence-corrected chi connectivity index (χ1v) is 8.57. The highest BCUT2D eigenvalue weighted by Gasteiger charge is 2.49. The number of anilines is 1. The van der Waals surface area contributed by atoms with Gasteiger partial charge in [-0.15, -0.1) is 0 Å². The molecule has 3 rings (SSSR count). The summed E-state index contributed by atoms with van der Waals surface area (Å²) in [6, 6.07) is 11.2.